The van der Waals surface area contributed by atoms with Crippen molar-refractivity contribution in [1.82, 2.24) is 0 Å². The Kier molecular flexibility index (Phi) is 10.1. The third-order valence-electron chi connectivity index (χ3n) is 1.72. The Morgan fingerprint density at radius 3 is 2.75 bits per heavy atom. The second kappa shape index (κ2) is 9.65. The van der Waals surface area contributed by atoms with Crippen molar-refractivity contribution in [3.63, 3.8) is 0 Å². The van der Waals surface area contributed by atoms with Gasteiger partial charge in [0.05, 0.1) is 6.10 Å². The lowest BCUT2D eigenvalue weighted by molar-refractivity contribution is 0.272. The van der Waals surface area contributed by atoms with Gasteiger partial charge in [-0.15, -0.1) is 0 Å². The maximum Gasteiger partial charge on any atom is 0.0799 e. The van der Waals surface area contributed by atoms with Crippen molar-refractivity contribution in [2.24, 2.45) is 0 Å². The van der Waals surface area contributed by atoms with E-state index in [1.807, 2.05) is 6.92 Å². The average molecular weight is 206 g/mol. The summed E-state index contributed by atoms with van der Waals surface area (Å²) in [4.78, 5) is 0. The molecule has 1 nitrogen and oxygen atoms in total. The Balaban J connectivity index is 3.48. The molecule has 2 unspecified atom stereocenters. The van der Waals surface area contributed by atoms with Gasteiger partial charge in [-0.05, 0) is 13.3 Å². The summed E-state index contributed by atoms with van der Waals surface area (Å²) >= 11 is 0. The molecule has 0 rings (SSSR count). The van der Waals surface area contributed by atoms with Crippen LogP contribution in [0.5, 0.6) is 0 Å². The molecule has 12 heavy (non-hydrogen) atoms. The number of hydrogen-bond acceptors (Lipinski definition) is 1. The van der Waals surface area contributed by atoms with Crippen LogP contribution >= 0.6 is 17.4 Å². The van der Waals surface area contributed by atoms with Crippen molar-refractivity contribution in [1.29, 1.82) is 0 Å². The fraction of sp³-hybridized carbons (Fsp3) is 0.778. The van der Waals surface area contributed by atoms with E-state index in [0.717, 1.165) is 0 Å². The molecule has 0 aromatic heterocycles. The lowest BCUT2D eigenvalue weighted by Crippen LogP contribution is -2.03. The Morgan fingerprint density at radius 2 is 2.25 bits per heavy atom. The van der Waals surface area contributed by atoms with Crippen LogP contribution in [0.25, 0.3) is 0 Å². The van der Waals surface area contributed by atoms with E-state index in [1.54, 1.807) is 0 Å². The fourth-order valence-electron chi connectivity index (χ4n) is 1.09. The summed E-state index contributed by atoms with van der Waals surface area (Å²) < 4.78 is 5.53. The molecule has 0 N–H and O–H groups in total. The first-order valence-electron chi connectivity index (χ1n) is 4.59. The van der Waals surface area contributed by atoms with Gasteiger partial charge in [-0.2, -0.15) is 0 Å². The van der Waals surface area contributed by atoms with Crippen LogP contribution in [0.3, 0.4) is 0 Å². The lowest BCUT2D eigenvalue weighted by atomic mass is 10.1. The van der Waals surface area contributed by atoms with Crippen molar-refractivity contribution in [2.45, 2.75) is 45.6 Å². The van der Waals surface area contributed by atoms with Gasteiger partial charge in [-0.25, -0.2) is 0 Å². The molecular weight excluding hydrogens is 186 g/mol. The molecule has 0 saturated carbocycles. The SMILES string of the molecule is C/C=C/[C@H](CCCCC)OPP. The van der Waals surface area contributed by atoms with E-state index in [0.29, 0.717) is 14.6 Å². The molecule has 0 heterocycles. The maximum absolute atomic E-state index is 5.53. The largest absolute Gasteiger partial charge is 0.351 e. The number of hydrogen-bond donors (Lipinski definition) is 0. The minimum absolute atomic E-state index is 0.345. The molecular formula is C9H20OP2. The van der Waals surface area contributed by atoms with Crippen LogP contribution in [-0.4, -0.2) is 6.10 Å². The molecule has 3 heteroatoms. The molecule has 0 aromatic carbocycles. The molecule has 0 bridgehead atoms. The molecule has 0 aromatic rings. The van der Waals surface area contributed by atoms with Crippen molar-refractivity contribution in [3.05, 3.63) is 12.2 Å². The molecule has 0 saturated heterocycles. The molecule has 72 valence electrons. The van der Waals surface area contributed by atoms with Gasteiger partial charge in [-0.3, -0.25) is 0 Å². The zero-order chi connectivity index (χ0) is 9.23. The van der Waals surface area contributed by atoms with Gasteiger partial charge in [0.1, 0.15) is 0 Å². The van der Waals surface area contributed by atoms with E-state index in [4.69, 9.17) is 4.52 Å². The van der Waals surface area contributed by atoms with Gasteiger partial charge >= 0.3 is 0 Å². The van der Waals surface area contributed by atoms with Crippen molar-refractivity contribution < 1.29 is 4.52 Å². The van der Waals surface area contributed by atoms with Crippen LogP contribution in [0.4, 0.5) is 0 Å². The van der Waals surface area contributed by atoms with Crippen molar-refractivity contribution in [3.8, 4) is 0 Å². The molecule has 0 aliphatic carbocycles. The highest BCUT2D eigenvalue weighted by molar-refractivity contribution is 8.00. The molecule has 0 fully saturated rings. The zero-order valence-electron chi connectivity index (χ0n) is 8.05. The summed E-state index contributed by atoms with van der Waals surface area (Å²) in [6.45, 7) is 4.27. The van der Waals surface area contributed by atoms with Gasteiger partial charge in [0.2, 0.25) is 0 Å². The second-order valence-corrected chi connectivity index (χ2v) is 3.97. The smallest absolute Gasteiger partial charge is 0.0799 e. The van der Waals surface area contributed by atoms with Crippen LogP contribution < -0.4 is 0 Å². The van der Waals surface area contributed by atoms with Crippen LogP contribution in [0, 0.1) is 0 Å². The van der Waals surface area contributed by atoms with Crippen molar-refractivity contribution in [2.75, 3.05) is 0 Å². The Bertz CT molecular complexity index is 115. The van der Waals surface area contributed by atoms with E-state index in [1.165, 1.54) is 25.7 Å². The molecule has 0 spiro atoms. The molecule has 0 radical (unpaired) electrons. The number of allylic oxidation sites excluding steroid dienone is 1. The quantitative estimate of drug-likeness (QED) is 0.348. The maximum atomic E-state index is 5.53. The van der Waals surface area contributed by atoms with Crippen LogP contribution in [0.2, 0.25) is 0 Å². The molecule has 0 amide bonds. The van der Waals surface area contributed by atoms with Gasteiger partial charge < -0.3 is 4.52 Å². The van der Waals surface area contributed by atoms with Crippen LogP contribution in [-0.2, 0) is 4.52 Å². The number of unbranched alkanes of at least 4 members (excludes halogenated alkanes) is 2. The Morgan fingerprint density at radius 1 is 1.50 bits per heavy atom. The first-order chi connectivity index (χ1) is 5.85. The van der Waals surface area contributed by atoms with Crippen molar-refractivity contribution >= 4 is 17.4 Å². The normalized spacial score (nSPS) is 14.9. The topological polar surface area (TPSA) is 9.23 Å². The van der Waals surface area contributed by atoms with E-state index in [9.17, 15) is 0 Å². The summed E-state index contributed by atoms with van der Waals surface area (Å²) in [5.74, 6) is 0. The summed E-state index contributed by atoms with van der Waals surface area (Å²) in [5, 5.41) is 0. The first-order valence-corrected chi connectivity index (χ1v) is 7.31. The van der Waals surface area contributed by atoms with Gasteiger partial charge in [0, 0.05) is 8.50 Å². The zero-order valence-corrected chi connectivity index (χ0v) is 10.2. The summed E-state index contributed by atoms with van der Waals surface area (Å²) in [5.41, 5.74) is 0. The highest BCUT2D eigenvalue weighted by atomic mass is 32.0. The van der Waals surface area contributed by atoms with E-state index < -0.39 is 0 Å². The highest BCUT2D eigenvalue weighted by Crippen LogP contribution is 2.26. The Labute approximate surface area is 80.3 Å². The summed E-state index contributed by atoms with van der Waals surface area (Å²) in [6.07, 6.45) is 9.61. The third kappa shape index (κ3) is 7.22. The third-order valence-corrected chi connectivity index (χ3v) is 2.57. The van der Waals surface area contributed by atoms with E-state index in [-0.39, 0.29) is 0 Å². The Hall–Kier alpha value is 0.560. The predicted octanol–water partition coefficient (Wildman–Crippen LogP) is 3.91. The summed E-state index contributed by atoms with van der Waals surface area (Å²) in [6, 6.07) is 0. The van der Waals surface area contributed by atoms with E-state index in [2.05, 4.69) is 28.0 Å². The monoisotopic (exact) mass is 206 g/mol. The second-order valence-electron chi connectivity index (χ2n) is 2.80. The highest BCUT2D eigenvalue weighted by Gasteiger charge is 2.02. The minimum Gasteiger partial charge on any atom is -0.351 e. The standard InChI is InChI=1S/C9H20OP2/c1-3-5-6-8-9(7-4-2)10-12-11/h4,7,9,12H,3,5-6,8,11H2,1-2H3/b7-4+/t9-/m1/s1. The minimum atomic E-state index is 0.345. The van der Waals surface area contributed by atoms with Gasteiger partial charge in [0.15, 0.2) is 0 Å². The molecule has 0 aliphatic rings. The summed E-state index contributed by atoms with van der Waals surface area (Å²) in [7, 11) is 3.15. The predicted molar refractivity (Wildman–Crippen MR) is 61.9 cm³/mol. The lowest BCUT2D eigenvalue weighted by Gasteiger charge is -2.11. The molecule has 0 aliphatic heterocycles. The van der Waals surface area contributed by atoms with Crippen LogP contribution in [0.15, 0.2) is 12.2 Å². The fourth-order valence-corrected chi connectivity index (χ4v) is 1.99. The van der Waals surface area contributed by atoms with Gasteiger partial charge in [0.25, 0.3) is 0 Å². The van der Waals surface area contributed by atoms with Gasteiger partial charge in [-0.1, -0.05) is 47.3 Å². The van der Waals surface area contributed by atoms with E-state index >= 15 is 0 Å². The number of rotatable bonds is 7. The molecule has 3 atom stereocenters. The average Bonchev–Trinajstić information content (AvgIpc) is 2.06. The first kappa shape index (κ1) is 12.6. The van der Waals surface area contributed by atoms with Crippen LogP contribution in [0.1, 0.15) is 39.5 Å².